The molecule has 0 saturated carbocycles. The largest absolute Gasteiger partial charge is 0.305 e. The van der Waals surface area contributed by atoms with Gasteiger partial charge in [0.05, 0.1) is 5.69 Å². The molecule has 3 rings (SSSR count). The first kappa shape index (κ1) is 16.2. The van der Waals surface area contributed by atoms with E-state index in [-0.39, 0.29) is 10.6 Å². The van der Waals surface area contributed by atoms with Gasteiger partial charge in [0.2, 0.25) is 0 Å². The summed E-state index contributed by atoms with van der Waals surface area (Å²) in [5, 5.41) is 0.159. The average molecular weight is 332 g/mol. The van der Waals surface area contributed by atoms with Crippen LogP contribution in [0.25, 0.3) is 11.4 Å². The van der Waals surface area contributed by atoms with E-state index in [0.29, 0.717) is 11.5 Å². The number of benzene rings is 1. The van der Waals surface area contributed by atoms with Gasteiger partial charge in [0.25, 0.3) is 5.56 Å². The number of hydrogen-bond acceptors (Lipinski definition) is 3. The fraction of sp³-hybridized carbons (Fsp3) is 0.444. The second-order valence-corrected chi connectivity index (χ2v) is 6.58. The van der Waals surface area contributed by atoms with Crippen LogP contribution in [0.15, 0.2) is 29.1 Å². The van der Waals surface area contributed by atoms with Crippen molar-refractivity contribution in [2.45, 2.75) is 39.2 Å². The molecule has 2 heterocycles. The number of rotatable bonds is 3. The lowest BCUT2D eigenvalue weighted by atomic mass is 10.1. The molecule has 4 nitrogen and oxygen atoms in total. The molecule has 1 N–H and O–H groups in total. The minimum atomic E-state index is -0.289. The average Bonchev–Trinajstić information content (AvgIpc) is 2.81. The van der Waals surface area contributed by atoms with Gasteiger partial charge in [0, 0.05) is 12.1 Å². The lowest BCUT2D eigenvalue weighted by Gasteiger charge is -2.19. The first-order valence-corrected chi connectivity index (χ1v) is 8.59. The number of aromatic amines is 1. The Balaban J connectivity index is 1.75. The topological polar surface area (TPSA) is 49.0 Å². The molecule has 0 aliphatic carbocycles. The maximum absolute atomic E-state index is 11.8. The number of nitrogens with zero attached hydrogens (tertiary/aromatic N) is 2. The predicted octanol–water partition coefficient (Wildman–Crippen LogP) is 3.77. The first-order valence-electron chi connectivity index (χ1n) is 8.21. The zero-order chi connectivity index (χ0) is 16.2. The summed E-state index contributed by atoms with van der Waals surface area (Å²) in [4.78, 5) is 21.4. The van der Waals surface area contributed by atoms with Gasteiger partial charge in [0.1, 0.15) is 10.8 Å². The molecular formula is C18H22ClN3O. The molecule has 1 aromatic heterocycles. The minimum Gasteiger partial charge on any atom is -0.305 e. The van der Waals surface area contributed by atoms with Gasteiger partial charge in [-0.1, -0.05) is 48.7 Å². The predicted molar refractivity (Wildman–Crippen MR) is 93.8 cm³/mol. The summed E-state index contributed by atoms with van der Waals surface area (Å²) in [5.41, 5.74) is 2.46. The Labute approximate surface area is 141 Å². The fourth-order valence-corrected chi connectivity index (χ4v) is 3.12. The molecule has 122 valence electrons. The number of halogens is 1. The van der Waals surface area contributed by atoms with Crippen molar-refractivity contribution in [2.75, 3.05) is 13.1 Å². The number of H-pyrrole nitrogens is 1. The third kappa shape index (κ3) is 4.01. The Kier molecular flexibility index (Phi) is 5.13. The van der Waals surface area contributed by atoms with Crippen molar-refractivity contribution in [3.63, 3.8) is 0 Å². The third-order valence-corrected chi connectivity index (χ3v) is 4.81. The zero-order valence-electron chi connectivity index (χ0n) is 13.4. The molecule has 1 aliphatic rings. The van der Waals surface area contributed by atoms with Gasteiger partial charge in [-0.3, -0.25) is 9.69 Å². The number of hydrogen-bond donors (Lipinski definition) is 1. The molecule has 1 aliphatic heterocycles. The van der Waals surface area contributed by atoms with Crippen molar-refractivity contribution in [3.8, 4) is 11.4 Å². The number of aromatic nitrogens is 2. The summed E-state index contributed by atoms with van der Waals surface area (Å²) < 4.78 is 0. The maximum Gasteiger partial charge on any atom is 0.270 e. The summed E-state index contributed by atoms with van der Waals surface area (Å²) in [7, 11) is 0. The monoisotopic (exact) mass is 331 g/mol. The van der Waals surface area contributed by atoms with E-state index in [4.69, 9.17) is 11.6 Å². The molecule has 0 unspecified atom stereocenters. The number of likely N-dealkylation sites (tertiary alicyclic amines) is 1. The molecule has 0 bridgehead atoms. The second kappa shape index (κ2) is 7.28. The summed E-state index contributed by atoms with van der Waals surface area (Å²) in [6.45, 7) is 5.11. The molecule has 1 aromatic carbocycles. The Morgan fingerprint density at radius 2 is 1.78 bits per heavy atom. The highest BCUT2D eigenvalue weighted by Gasteiger charge is 2.10. The Morgan fingerprint density at radius 3 is 2.39 bits per heavy atom. The molecule has 1 saturated heterocycles. The van der Waals surface area contributed by atoms with Crippen LogP contribution >= 0.6 is 11.6 Å². The van der Waals surface area contributed by atoms with E-state index in [1.165, 1.54) is 44.3 Å². The standard InChI is InChI=1S/C18H22ClN3O/c1-13-16(19)18(23)21-17(20-13)15-8-6-14(7-9-15)12-22-10-4-2-3-5-11-22/h6-9H,2-5,10-12H2,1H3,(H,20,21,23). The van der Waals surface area contributed by atoms with Gasteiger partial charge >= 0.3 is 0 Å². The van der Waals surface area contributed by atoms with E-state index in [9.17, 15) is 4.79 Å². The lowest BCUT2D eigenvalue weighted by molar-refractivity contribution is 0.277. The molecule has 0 amide bonds. The van der Waals surface area contributed by atoms with E-state index in [1.54, 1.807) is 6.92 Å². The summed E-state index contributed by atoms with van der Waals surface area (Å²) in [5.74, 6) is 0.568. The van der Waals surface area contributed by atoms with E-state index < -0.39 is 0 Å². The van der Waals surface area contributed by atoms with Crippen molar-refractivity contribution in [2.24, 2.45) is 0 Å². The van der Waals surface area contributed by atoms with Gasteiger partial charge in [-0.2, -0.15) is 0 Å². The van der Waals surface area contributed by atoms with Gasteiger partial charge in [-0.05, 0) is 38.4 Å². The Hall–Kier alpha value is -1.65. The van der Waals surface area contributed by atoms with E-state index >= 15 is 0 Å². The van der Waals surface area contributed by atoms with Crippen LogP contribution in [-0.4, -0.2) is 28.0 Å². The van der Waals surface area contributed by atoms with Crippen molar-refractivity contribution in [1.82, 2.24) is 14.9 Å². The first-order chi connectivity index (χ1) is 11.1. The minimum absolute atomic E-state index is 0.159. The maximum atomic E-state index is 11.8. The highest BCUT2D eigenvalue weighted by atomic mass is 35.5. The van der Waals surface area contributed by atoms with E-state index in [2.05, 4.69) is 27.0 Å². The summed E-state index contributed by atoms with van der Waals surface area (Å²) in [6.07, 6.45) is 5.30. The van der Waals surface area contributed by atoms with Gasteiger partial charge < -0.3 is 4.98 Å². The summed E-state index contributed by atoms with van der Waals surface area (Å²) >= 11 is 5.87. The fourth-order valence-electron chi connectivity index (χ4n) is 3.03. The quantitative estimate of drug-likeness (QED) is 0.931. The van der Waals surface area contributed by atoms with Crippen LogP contribution in [0, 0.1) is 6.92 Å². The van der Waals surface area contributed by atoms with Crippen LogP contribution in [0.4, 0.5) is 0 Å². The van der Waals surface area contributed by atoms with Crippen LogP contribution in [0.1, 0.15) is 36.9 Å². The van der Waals surface area contributed by atoms with Crippen LogP contribution in [0.5, 0.6) is 0 Å². The van der Waals surface area contributed by atoms with E-state index in [0.717, 1.165) is 12.1 Å². The summed E-state index contributed by atoms with van der Waals surface area (Å²) in [6, 6.07) is 8.26. The van der Waals surface area contributed by atoms with Crippen LogP contribution in [-0.2, 0) is 6.54 Å². The van der Waals surface area contributed by atoms with Gasteiger partial charge in [0.15, 0.2) is 0 Å². The molecule has 23 heavy (non-hydrogen) atoms. The normalized spacial score (nSPS) is 16.3. The van der Waals surface area contributed by atoms with Crippen molar-refractivity contribution in [3.05, 3.63) is 50.9 Å². The number of nitrogens with one attached hydrogen (secondary N) is 1. The van der Waals surface area contributed by atoms with Gasteiger partial charge in [-0.25, -0.2) is 4.98 Å². The van der Waals surface area contributed by atoms with Crippen molar-refractivity contribution < 1.29 is 0 Å². The zero-order valence-corrected chi connectivity index (χ0v) is 14.2. The molecule has 2 aromatic rings. The van der Waals surface area contributed by atoms with Crippen molar-refractivity contribution >= 4 is 11.6 Å². The smallest absolute Gasteiger partial charge is 0.270 e. The molecular weight excluding hydrogens is 310 g/mol. The van der Waals surface area contributed by atoms with Crippen molar-refractivity contribution in [1.29, 1.82) is 0 Å². The van der Waals surface area contributed by atoms with Crippen LogP contribution < -0.4 is 5.56 Å². The Bertz CT molecular complexity index is 716. The molecule has 1 fully saturated rings. The molecule has 0 radical (unpaired) electrons. The Morgan fingerprint density at radius 1 is 1.13 bits per heavy atom. The van der Waals surface area contributed by atoms with Crippen LogP contribution in [0.3, 0.4) is 0 Å². The van der Waals surface area contributed by atoms with Gasteiger partial charge in [-0.15, -0.1) is 0 Å². The lowest BCUT2D eigenvalue weighted by Crippen LogP contribution is -2.23. The second-order valence-electron chi connectivity index (χ2n) is 6.20. The molecule has 0 atom stereocenters. The SMILES string of the molecule is Cc1nc(-c2ccc(CN3CCCCCC3)cc2)[nH]c(=O)c1Cl. The highest BCUT2D eigenvalue weighted by Crippen LogP contribution is 2.19. The number of aryl methyl sites for hydroxylation is 1. The third-order valence-electron chi connectivity index (χ3n) is 4.36. The highest BCUT2D eigenvalue weighted by molar-refractivity contribution is 6.30. The molecule has 5 heteroatoms. The van der Waals surface area contributed by atoms with E-state index in [1.807, 2.05) is 12.1 Å². The molecule has 0 spiro atoms. The van der Waals surface area contributed by atoms with Crippen LogP contribution in [0.2, 0.25) is 5.02 Å².